The van der Waals surface area contributed by atoms with Crippen LogP contribution in [0.2, 0.25) is 0 Å². The topological polar surface area (TPSA) is 76.6 Å². The van der Waals surface area contributed by atoms with Gasteiger partial charge in [0.2, 0.25) is 5.82 Å². The summed E-state index contributed by atoms with van der Waals surface area (Å²) in [5.41, 5.74) is 0.0261. The van der Waals surface area contributed by atoms with E-state index in [1.54, 1.807) is 6.92 Å². The molecule has 1 saturated heterocycles. The molecule has 1 N–H and O–H groups in total. The van der Waals surface area contributed by atoms with Crippen LogP contribution in [-0.4, -0.2) is 49.3 Å². The zero-order valence-electron chi connectivity index (χ0n) is 15.4. The van der Waals surface area contributed by atoms with Crippen LogP contribution in [0.25, 0.3) is 0 Å². The molecule has 0 radical (unpaired) electrons. The van der Waals surface area contributed by atoms with Gasteiger partial charge in [-0.2, -0.15) is 4.39 Å². The van der Waals surface area contributed by atoms with Crippen molar-refractivity contribution in [1.82, 2.24) is 15.3 Å². The fourth-order valence-electron chi connectivity index (χ4n) is 2.83. The monoisotopic (exact) mass is 396 g/mol. The van der Waals surface area contributed by atoms with Gasteiger partial charge in [-0.25, -0.2) is 18.7 Å². The smallest absolute Gasteiger partial charge is 0.254 e. The molecule has 0 unspecified atom stereocenters. The summed E-state index contributed by atoms with van der Waals surface area (Å²) in [6.07, 6.45) is 0. The van der Waals surface area contributed by atoms with E-state index in [1.165, 1.54) is 0 Å². The van der Waals surface area contributed by atoms with Crippen molar-refractivity contribution < 1.29 is 27.4 Å². The number of morpholine rings is 1. The second-order valence-electron chi connectivity index (χ2n) is 6.13. The Bertz CT molecular complexity index is 889. The lowest BCUT2D eigenvalue weighted by Gasteiger charge is -2.28. The molecule has 2 heterocycles. The Kier molecular flexibility index (Phi) is 5.98. The molecule has 0 saturated carbocycles. The van der Waals surface area contributed by atoms with Gasteiger partial charge in [0.15, 0.2) is 17.4 Å². The Morgan fingerprint density at radius 1 is 1.21 bits per heavy atom. The molecule has 28 heavy (non-hydrogen) atoms. The molecule has 3 rings (SSSR count). The first-order valence-corrected chi connectivity index (χ1v) is 8.57. The Hall–Kier alpha value is -2.88. The van der Waals surface area contributed by atoms with Crippen molar-refractivity contribution in [2.45, 2.75) is 13.5 Å². The highest BCUT2D eigenvalue weighted by molar-refractivity contribution is 5.94. The predicted octanol–water partition coefficient (Wildman–Crippen LogP) is 1.98. The molecule has 0 spiro atoms. The molecular weight excluding hydrogens is 377 g/mol. The van der Waals surface area contributed by atoms with Crippen LogP contribution in [0, 0.1) is 24.4 Å². The number of amides is 1. The Balaban J connectivity index is 1.76. The van der Waals surface area contributed by atoms with Crippen molar-refractivity contribution in [2.24, 2.45) is 0 Å². The quantitative estimate of drug-likeness (QED) is 0.779. The van der Waals surface area contributed by atoms with Gasteiger partial charge in [0.1, 0.15) is 11.6 Å². The number of hydrogen-bond acceptors (Lipinski definition) is 6. The third-order valence-corrected chi connectivity index (χ3v) is 4.19. The van der Waals surface area contributed by atoms with Crippen LogP contribution in [0.5, 0.6) is 5.75 Å². The normalized spacial score (nSPS) is 14.1. The Morgan fingerprint density at radius 2 is 1.93 bits per heavy atom. The maximum absolute atomic E-state index is 14.2. The number of nitrogens with zero attached hydrogens (tertiary/aromatic N) is 3. The zero-order valence-corrected chi connectivity index (χ0v) is 15.4. The van der Waals surface area contributed by atoms with Gasteiger partial charge in [0, 0.05) is 24.8 Å². The highest BCUT2D eigenvalue weighted by atomic mass is 19.2. The summed E-state index contributed by atoms with van der Waals surface area (Å²) in [7, 11) is 0.983. The van der Waals surface area contributed by atoms with Crippen molar-refractivity contribution in [3.8, 4) is 5.75 Å². The van der Waals surface area contributed by atoms with E-state index in [4.69, 9.17) is 4.74 Å². The van der Waals surface area contributed by atoms with E-state index in [9.17, 15) is 18.0 Å². The molecule has 1 fully saturated rings. The summed E-state index contributed by atoms with van der Waals surface area (Å²) < 4.78 is 51.1. The summed E-state index contributed by atoms with van der Waals surface area (Å²) in [6.45, 7) is 4.22. The number of ether oxygens (including phenoxy) is 2. The SMILES string of the molecule is COc1c(F)c(F)cc(C(=O)NCc2nc(C)cc(N3CCOCC3)n2)c1F. The van der Waals surface area contributed by atoms with Crippen LogP contribution in [0.4, 0.5) is 19.0 Å². The number of nitrogens with one attached hydrogen (secondary N) is 1. The maximum Gasteiger partial charge on any atom is 0.254 e. The third-order valence-electron chi connectivity index (χ3n) is 4.19. The summed E-state index contributed by atoms with van der Waals surface area (Å²) in [6, 6.07) is 2.30. The second kappa shape index (κ2) is 8.42. The Labute approximate surface area is 159 Å². The minimum atomic E-state index is -1.49. The number of carbonyl (C=O) groups excluding carboxylic acids is 1. The van der Waals surface area contributed by atoms with E-state index in [1.807, 2.05) is 11.0 Å². The molecule has 2 aromatic rings. The fourth-order valence-corrected chi connectivity index (χ4v) is 2.83. The molecule has 1 amide bonds. The second-order valence-corrected chi connectivity index (χ2v) is 6.13. The average Bonchev–Trinajstić information content (AvgIpc) is 2.69. The molecule has 1 aromatic heterocycles. The van der Waals surface area contributed by atoms with Crippen LogP contribution in [0.15, 0.2) is 12.1 Å². The number of hydrogen-bond donors (Lipinski definition) is 1. The number of rotatable bonds is 5. The van der Waals surface area contributed by atoms with Gasteiger partial charge in [-0.3, -0.25) is 4.79 Å². The number of methoxy groups -OCH3 is 1. The zero-order chi connectivity index (χ0) is 20.3. The first kappa shape index (κ1) is 19.9. The van der Waals surface area contributed by atoms with E-state index in [0.29, 0.717) is 49.7 Å². The van der Waals surface area contributed by atoms with Gasteiger partial charge in [-0.15, -0.1) is 0 Å². The number of aryl methyl sites for hydroxylation is 1. The van der Waals surface area contributed by atoms with Gasteiger partial charge in [-0.05, 0) is 13.0 Å². The van der Waals surface area contributed by atoms with Crippen molar-refractivity contribution in [3.63, 3.8) is 0 Å². The molecule has 1 aliphatic heterocycles. The van der Waals surface area contributed by atoms with Crippen molar-refractivity contribution in [3.05, 3.63) is 46.7 Å². The molecular formula is C18H19F3N4O3. The van der Waals surface area contributed by atoms with Crippen molar-refractivity contribution in [2.75, 3.05) is 38.3 Å². The number of halogens is 3. The molecule has 0 bridgehead atoms. The first-order chi connectivity index (χ1) is 13.4. The molecule has 7 nitrogen and oxygen atoms in total. The van der Waals surface area contributed by atoms with E-state index < -0.39 is 34.7 Å². The minimum absolute atomic E-state index is 0.112. The van der Waals surface area contributed by atoms with E-state index in [-0.39, 0.29) is 6.54 Å². The number of carbonyl (C=O) groups is 1. The van der Waals surface area contributed by atoms with Gasteiger partial charge >= 0.3 is 0 Å². The van der Waals surface area contributed by atoms with E-state index >= 15 is 0 Å². The number of aromatic nitrogens is 2. The fraction of sp³-hybridized carbons (Fsp3) is 0.389. The average molecular weight is 396 g/mol. The van der Waals surface area contributed by atoms with Gasteiger partial charge in [-0.1, -0.05) is 0 Å². The van der Waals surface area contributed by atoms with Gasteiger partial charge in [0.05, 0.1) is 32.4 Å². The largest absolute Gasteiger partial charge is 0.491 e. The van der Waals surface area contributed by atoms with Crippen LogP contribution >= 0.6 is 0 Å². The molecule has 1 aromatic carbocycles. The lowest BCUT2D eigenvalue weighted by atomic mass is 10.1. The summed E-state index contributed by atoms with van der Waals surface area (Å²) in [4.78, 5) is 22.9. The lowest BCUT2D eigenvalue weighted by Crippen LogP contribution is -2.37. The van der Waals surface area contributed by atoms with Crippen molar-refractivity contribution >= 4 is 11.7 Å². The molecule has 1 aliphatic rings. The first-order valence-electron chi connectivity index (χ1n) is 8.57. The summed E-state index contributed by atoms with van der Waals surface area (Å²) in [5, 5.41) is 2.42. The molecule has 0 atom stereocenters. The Morgan fingerprint density at radius 3 is 2.61 bits per heavy atom. The van der Waals surface area contributed by atoms with Crippen LogP contribution in [0.1, 0.15) is 21.9 Å². The predicted molar refractivity (Wildman–Crippen MR) is 93.8 cm³/mol. The standard InChI is InChI=1S/C18H19F3N4O3/c1-10-7-14(25-3-5-28-6-4-25)24-13(23-10)9-22-18(26)11-8-12(19)16(21)17(27-2)15(11)20/h7-8H,3-6,9H2,1-2H3,(H,22,26). The van der Waals surface area contributed by atoms with Crippen LogP contribution in [-0.2, 0) is 11.3 Å². The number of anilines is 1. The third kappa shape index (κ3) is 4.16. The summed E-state index contributed by atoms with van der Waals surface area (Å²) in [5.74, 6) is -5.04. The lowest BCUT2D eigenvalue weighted by molar-refractivity contribution is 0.0944. The van der Waals surface area contributed by atoms with Crippen molar-refractivity contribution in [1.29, 1.82) is 0 Å². The highest BCUT2D eigenvalue weighted by Gasteiger charge is 2.24. The maximum atomic E-state index is 14.2. The van der Waals surface area contributed by atoms with Gasteiger partial charge in [0.25, 0.3) is 5.91 Å². The highest BCUT2D eigenvalue weighted by Crippen LogP contribution is 2.27. The molecule has 10 heteroatoms. The minimum Gasteiger partial charge on any atom is -0.491 e. The number of benzene rings is 1. The molecule has 150 valence electrons. The van der Waals surface area contributed by atoms with E-state index in [2.05, 4.69) is 20.0 Å². The van der Waals surface area contributed by atoms with Gasteiger partial charge < -0.3 is 19.7 Å². The summed E-state index contributed by atoms with van der Waals surface area (Å²) >= 11 is 0. The van der Waals surface area contributed by atoms with Crippen LogP contribution < -0.4 is 15.0 Å². The van der Waals surface area contributed by atoms with E-state index in [0.717, 1.165) is 7.11 Å². The molecule has 0 aliphatic carbocycles. The van der Waals surface area contributed by atoms with Crippen LogP contribution in [0.3, 0.4) is 0 Å².